The van der Waals surface area contributed by atoms with Gasteiger partial charge in [0.25, 0.3) is 5.91 Å². The van der Waals surface area contributed by atoms with Crippen molar-refractivity contribution in [3.05, 3.63) is 91.0 Å². The van der Waals surface area contributed by atoms with Crippen molar-refractivity contribution < 1.29 is 29.0 Å². The monoisotopic (exact) mass is 593 g/mol. The van der Waals surface area contributed by atoms with Gasteiger partial charge < -0.3 is 29.3 Å². The molecule has 44 heavy (non-hydrogen) atoms. The van der Waals surface area contributed by atoms with Crippen LogP contribution >= 0.6 is 0 Å². The molecule has 3 aromatic rings. The summed E-state index contributed by atoms with van der Waals surface area (Å²) >= 11 is 0. The maximum atomic E-state index is 14.6. The number of benzene rings is 3. The van der Waals surface area contributed by atoms with E-state index in [0.717, 1.165) is 10.8 Å². The summed E-state index contributed by atoms with van der Waals surface area (Å²) < 4.78 is 12.5. The molecule has 4 aliphatic rings. The van der Waals surface area contributed by atoms with Gasteiger partial charge in [-0.1, -0.05) is 54.6 Å². The number of likely N-dealkylation sites (tertiary alicyclic amines) is 1. The Balaban J connectivity index is 1.29. The van der Waals surface area contributed by atoms with Gasteiger partial charge in [-0.05, 0) is 61.0 Å². The van der Waals surface area contributed by atoms with E-state index in [9.17, 15) is 19.5 Å². The second-order valence-electron chi connectivity index (χ2n) is 11.9. The molecule has 0 saturated carbocycles. The van der Waals surface area contributed by atoms with Crippen molar-refractivity contribution in [2.45, 2.75) is 31.1 Å². The van der Waals surface area contributed by atoms with E-state index in [4.69, 9.17) is 9.47 Å². The summed E-state index contributed by atoms with van der Waals surface area (Å²) in [6.07, 6.45) is 7.43. The predicted molar refractivity (Wildman–Crippen MR) is 166 cm³/mol. The lowest BCUT2D eigenvalue weighted by atomic mass is 9.74. The molecule has 1 unspecified atom stereocenters. The van der Waals surface area contributed by atoms with E-state index in [2.05, 4.69) is 0 Å². The van der Waals surface area contributed by atoms with Crippen molar-refractivity contribution in [1.82, 2.24) is 4.90 Å². The molecule has 0 aliphatic carbocycles. The largest absolute Gasteiger partial charge is 0.494 e. The average molecular weight is 594 g/mol. The molecule has 3 amide bonds. The summed E-state index contributed by atoms with van der Waals surface area (Å²) in [5.74, 6) is -2.08. The van der Waals surface area contributed by atoms with Crippen molar-refractivity contribution in [2.24, 2.45) is 11.8 Å². The lowest BCUT2D eigenvalue weighted by molar-refractivity contribution is -0.144. The third kappa shape index (κ3) is 4.17. The number of aliphatic hydroxyl groups is 1. The van der Waals surface area contributed by atoms with Crippen LogP contribution in [0.3, 0.4) is 0 Å². The van der Waals surface area contributed by atoms with Gasteiger partial charge in [-0.3, -0.25) is 14.4 Å². The van der Waals surface area contributed by atoms with Gasteiger partial charge in [-0.15, -0.1) is 0 Å². The first-order chi connectivity index (χ1) is 21.3. The number of nitrogens with zero attached hydrogens (tertiary/aromatic N) is 3. The third-order valence-corrected chi connectivity index (χ3v) is 9.40. The van der Waals surface area contributed by atoms with E-state index >= 15 is 0 Å². The van der Waals surface area contributed by atoms with Gasteiger partial charge in [0.1, 0.15) is 17.4 Å². The van der Waals surface area contributed by atoms with Crippen LogP contribution in [-0.2, 0) is 19.1 Å². The number of β-amino-alcohol motifs (C(OH)–C–C–N with tert-alkyl or cyclic N) is 1. The van der Waals surface area contributed by atoms with Crippen LogP contribution in [0.2, 0.25) is 0 Å². The maximum Gasteiger partial charge on any atom is 0.253 e. The quantitative estimate of drug-likeness (QED) is 0.438. The molecule has 5 atom stereocenters. The number of aliphatic hydroxyl groups excluding tert-OH is 1. The first kappa shape index (κ1) is 28.3. The molecule has 0 bridgehead atoms. The molecule has 9 heteroatoms. The fraction of sp³-hybridized carbons (Fsp3) is 0.343. The molecular weight excluding hydrogens is 558 g/mol. The van der Waals surface area contributed by atoms with Gasteiger partial charge in [0.05, 0.1) is 30.7 Å². The standard InChI is InChI=1S/C35H35N3O6/c1-3-43-27-14-12-25(13-15-27)36-18-6-16-34(2)28(31(36)40)29-32(41)38(20-21-39)30-33(42)37(19-7-17-35(29,30)44-34)26-11-10-23-8-4-5-9-24(23)22-26/h4-17,22,28-30,39H,3,18-21H2,1-2H3/t28-,29+,30?,34+,35+/m1/s1. The number of fused-ring (bicyclic) bond motifs is 3. The number of ether oxygens (including phenoxy) is 2. The highest BCUT2D eigenvalue weighted by Crippen LogP contribution is 2.57. The van der Waals surface area contributed by atoms with E-state index in [0.29, 0.717) is 30.3 Å². The first-order valence-electron chi connectivity index (χ1n) is 15.1. The maximum absolute atomic E-state index is 14.6. The van der Waals surface area contributed by atoms with Crippen molar-refractivity contribution in [1.29, 1.82) is 0 Å². The number of carbonyl (C=O) groups is 3. The molecule has 9 nitrogen and oxygen atoms in total. The second kappa shape index (κ2) is 10.6. The highest BCUT2D eigenvalue weighted by molar-refractivity contribution is 6.08. The molecule has 4 aliphatic heterocycles. The average Bonchev–Trinajstić information content (AvgIpc) is 3.28. The van der Waals surface area contributed by atoms with Crippen molar-refractivity contribution in [2.75, 3.05) is 42.6 Å². The van der Waals surface area contributed by atoms with Crippen molar-refractivity contribution in [3.8, 4) is 5.75 Å². The molecule has 226 valence electrons. The SMILES string of the molecule is CCOc1ccc(N2CC=C[C@]3(C)O[C@]45C=CCN(c6ccc7ccccc7c6)C(=O)C4N(CCO)C(=O)[C@@H]5[C@@H]3C2=O)cc1. The predicted octanol–water partition coefficient (Wildman–Crippen LogP) is 3.71. The fourth-order valence-corrected chi connectivity index (χ4v) is 7.57. The molecule has 3 aromatic carbocycles. The molecule has 0 aromatic heterocycles. The Morgan fingerprint density at radius 2 is 1.52 bits per heavy atom. The fourth-order valence-electron chi connectivity index (χ4n) is 7.57. The first-order valence-corrected chi connectivity index (χ1v) is 15.1. The Morgan fingerprint density at radius 3 is 2.25 bits per heavy atom. The molecule has 7 rings (SSSR count). The van der Waals surface area contributed by atoms with Crippen LogP contribution in [0.25, 0.3) is 10.8 Å². The number of carbonyl (C=O) groups excluding carboxylic acids is 3. The number of rotatable bonds is 6. The molecule has 0 radical (unpaired) electrons. The zero-order valence-electron chi connectivity index (χ0n) is 24.8. The van der Waals surface area contributed by atoms with E-state index < -0.39 is 29.1 Å². The lowest BCUT2D eigenvalue weighted by Crippen LogP contribution is -2.56. The smallest absolute Gasteiger partial charge is 0.253 e. The summed E-state index contributed by atoms with van der Waals surface area (Å²) in [6.45, 7) is 4.47. The van der Waals surface area contributed by atoms with Crippen LogP contribution < -0.4 is 14.5 Å². The van der Waals surface area contributed by atoms with Crippen LogP contribution in [0.1, 0.15) is 13.8 Å². The van der Waals surface area contributed by atoms with Gasteiger partial charge in [0.15, 0.2) is 0 Å². The summed E-state index contributed by atoms with van der Waals surface area (Å²) in [5.41, 5.74) is -1.15. The van der Waals surface area contributed by atoms with Gasteiger partial charge in [-0.2, -0.15) is 0 Å². The lowest BCUT2D eigenvalue weighted by Gasteiger charge is -2.37. The minimum absolute atomic E-state index is 0.0493. The Hall–Kier alpha value is -4.47. The van der Waals surface area contributed by atoms with E-state index in [1.165, 1.54) is 4.90 Å². The van der Waals surface area contributed by atoms with Gasteiger partial charge in [0, 0.05) is 31.0 Å². The molecule has 4 heterocycles. The number of hydrogen-bond acceptors (Lipinski definition) is 6. The zero-order chi connectivity index (χ0) is 30.6. The normalized spacial score (nSPS) is 29.5. The van der Waals surface area contributed by atoms with Crippen molar-refractivity contribution in [3.63, 3.8) is 0 Å². The van der Waals surface area contributed by atoms with Crippen LogP contribution in [0, 0.1) is 11.8 Å². The number of amides is 3. The third-order valence-electron chi connectivity index (χ3n) is 9.40. The van der Waals surface area contributed by atoms with E-state index in [1.54, 1.807) is 9.80 Å². The highest BCUT2D eigenvalue weighted by atomic mass is 16.5. The Labute approximate surface area is 255 Å². The van der Waals surface area contributed by atoms with E-state index in [-0.39, 0.29) is 37.4 Å². The molecule has 1 spiro atoms. The Morgan fingerprint density at radius 1 is 0.841 bits per heavy atom. The molecule has 2 saturated heterocycles. The summed E-state index contributed by atoms with van der Waals surface area (Å²) in [7, 11) is 0. The van der Waals surface area contributed by atoms with Crippen molar-refractivity contribution >= 4 is 39.9 Å². The van der Waals surface area contributed by atoms with Gasteiger partial charge >= 0.3 is 0 Å². The summed E-state index contributed by atoms with van der Waals surface area (Å²) in [4.78, 5) is 48.1. The van der Waals surface area contributed by atoms with Crippen LogP contribution in [0.15, 0.2) is 91.0 Å². The summed E-state index contributed by atoms with van der Waals surface area (Å²) in [5, 5.41) is 12.1. The second-order valence-corrected chi connectivity index (χ2v) is 11.9. The van der Waals surface area contributed by atoms with E-state index in [1.807, 2.05) is 105 Å². The summed E-state index contributed by atoms with van der Waals surface area (Å²) in [6, 6.07) is 20.0. The Bertz CT molecular complexity index is 1700. The minimum atomic E-state index is -1.39. The van der Waals surface area contributed by atoms with Crippen LogP contribution in [-0.4, -0.2) is 77.8 Å². The van der Waals surface area contributed by atoms with Gasteiger partial charge in [-0.25, -0.2) is 0 Å². The zero-order valence-corrected chi connectivity index (χ0v) is 24.8. The van der Waals surface area contributed by atoms with Crippen LogP contribution in [0.5, 0.6) is 5.75 Å². The number of anilines is 2. The topological polar surface area (TPSA) is 99.6 Å². The van der Waals surface area contributed by atoms with Gasteiger partial charge in [0.2, 0.25) is 11.8 Å². The number of hydrogen-bond donors (Lipinski definition) is 1. The van der Waals surface area contributed by atoms with Crippen LogP contribution in [0.4, 0.5) is 11.4 Å². The molecule has 2 fully saturated rings. The molecular formula is C35H35N3O6. The molecule has 1 N–H and O–H groups in total. The Kier molecular flexibility index (Phi) is 6.82. The minimum Gasteiger partial charge on any atom is -0.494 e. The highest BCUT2D eigenvalue weighted by Gasteiger charge is 2.74.